The van der Waals surface area contributed by atoms with Crippen molar-refractivity contribution in [3.8, 4) is 0 Å². The highest BCUT2D eigenvalue weighted by Gasteiger charge is 2.22. The Labute approximate surface area is 105 Å². The Morgan fingerprint density at radius 1 is 0.882 bits per heavy atom. The van der Waals surface area contributed by atoms with Crippen LogP contribution in [-0.2, 0) is 6.42 Å². The average Bonchev–Trinajstić information content (AvgIpc) is 2.81. The third-order valence-corrected chi connectivity index (χ3v) is 3.76. The Hall–Kier alpha value is -1.30. The Kier molecular flexibility index (Phi) is 3.83. The fourth-order valence-electron chi connectivity index (χ4n) is 2.71. The first-order valence-electron chi connectivity index (χ1n) is 6.78. The largest absolute Gasteiger partial charge is 0.0621 e. The lowest BCUT2D eigenvalue weighted by Gasteiger charge is -2.19. The van der Waals surface area contributed by atoms with Gasteiger partial charge >= 0.3 is 0 Å². The number of rotatable bonds is 4. The van der Waals surface area contributed by atoms with Crippen LogP contribution in [0.2, 0.25) is 0 Å². The molecular weight excluding hydrogens is 204 g/mol. The summed E-state index contributed by atoms with van der Waals surface area (Å²) in [5.41, 5.74) is 6.05. The third-order valence-electron chi connectivity index (χ3n) is 3.76. The van der Waals surface area contributed by atoms with Crippen molar-refractivity contribution in [3.63, 3.8) is 0 Å². The predicted molar refractivity (Wildman–Crippen MR) is 75.3 cm³/mol. The zero-order valence-corrected chi connectivity index (χ0v) is 11.2. The minimum Gasteiger partial charge on any atom is -0.0621 e. The lowest BCUT2D eigenvalue weighted by Crippen LogP contribution is -2.02. The molecule has 0 fully saturated rings. The smallest absolute Gasteiger partial charge is 0.0263 e. The Bertz CT molecular complexity index is 429. The second-order valence-electron chi connectivity index (χ2n) is 4.72. The first-order chi connectivity index (χ1) is 8.30. The van der Waals surface area contributed by atoms with Crippen molar-refractivity contribution in [2.75, 3.05) is 0 Å². The maximum absolute atomic E-state index is 2.38. The van der Waals surface area contributed by atoms with Crippen LogP contribution < -0.4 is 0 Å². The van der Waals surface area contributed by atoms with Gasteiger partial charge in [-0.25, -0.2) is 0 Å². The average molecular weight is 226 g/mol. The SMILES string of the molecule is CCC1=CC=C(CC)C1c1cccc(CC)c1. The molecule has 0 bridgehead atoms. The normalized spacial score (nSPS) is 15.9. The van der Waals surface area contributed by atoms with Gasteiger partial charge in [-0.15, -0.1) is 0 Å². The Morgan fingerprint density at radius 3 is 2.06 bits per heavy atom. The molecule has 1 aliphatic rings. The molecule has 1 aromatic carbocycles. The van der Waals surface area contributed by atoms with E-state index in [2.05, 4.69) is 57.2 Å². The molecule has 17 heavy (non-hydrogen) atoms. The van der Waals surface area contributed by atoms with Gasteiger partial charge < -0.3 is 0 Å². The summed E-state index contributed by atoms with van der Waals surface area (Å²) in [6.45, 7) is 6.74. The molecule has 0 amide bonds. The maximum atomic E-state index is 2.38. The van der Waals surface area contributed by atoms with Crippen LogP contribution in [0.15, 0.2) is 47.6 Å². The molecule has 0 atom stereocenters. The second-order valence-corrected chi connectivity index (χ2v) is 4.72. The molecule has 0 unspecified atom stereocenters. The topological polar surface area (TPSA) is 0 Å². The first kappa shape index (κ1) is 12.2. The summed E-state index contributed by atoms with van der Waals surface area (Å²) < 4.78 is 0. The molecule has 2 rings (SSSR count). The minimum atomic E-state index is 0.552. The van der Waals surface area contributed by atoms with Gasteiger partial charge in [0.2, 0.25) is 0 Å². The summed E-state index contributed by atoms with van der Waals surface area (Å²) >= 11 is 0. The van der Waals surface area contributed by atoms with Gasteiger partial charge in [-0.2, -0.15) is 0 Å². The number of aryl methyl sites for hydroxylation is 1. The van der Waals surface area contributed by atoms with E-state index in [4.69, 9.17) is 0 Å². The fraction of sp³-hybridized carbons (Fsp3) is 0.412. The highest BCUT2D eigenvalue weighted by Crippen LogP contribution is 2.39. The lowest BCUT2D eigenvalue weighted by molar-refractivity contribution is 0.839. The van der Waals surface area contributed by atoms with Crippen LogP contribution >= 0.6 is 0 Å². The van der Waals surface area contributed by atoms with Crippen LogP contribution in [0.1, 0.15) is 50.7 Å². The maximum Gasteiger partial charge on any atom is 0.0263 e. The first-order valence-corrected chi connectivity index (χ1v) is 6.78. The molecule has 1 aliphatic carbocycles. The van der Waals surface area contributed by atoms with Crippen molar-refractivity contribution in [2.45, 2.75) is 46.0 Å². The van der Waals surface area contributed by atoms with E-state index in [0.717, 1.165) is 19.3 Å². The van der Waals surface area contributed by atoms with Crippen molar-refractivity contribution >= 4 is 0 Å². The van der Waals surface area contributed by atoms with E-state index in [9.17, 15) is 0 Å². The molecule has 0 heterocycles. The summed E-state index contributed by atoms with van der Waals surface area (Å²) in [6.07, 6.45) is 8.07. The lowest BCUT2D eigenvalue weighted by atomic mass is 9.85. The van der Waals surface area contributed by atoms with E-state index >= 15 is 0 Å². The van der Waals surface area contributed by atoms with Gasteiger partial charge in [0.15, 0.2) is 0 Å². The molecule has 1 aromatic rings. The molecule has 0 heteroatoms. The molecule has 90 valence electrons. The molecular formula is C17H22. The van der Waals surface area contributed by atoms with Crippen LogP contribution in [0.25, 0.3) is 0 Å². The molecule has 0 N–H and O–H groups in total. The fourth-order valence-corrected chi connectivity index (χ4v) is 2.71. The van der Waals surface area contributed by atoms with E-state index in [1.165, 1.54) is 11.1 Å². The van der Waals surface area contributed by atoms with Gasteiger partial charge in [0.1, 0.15) is 0 Å². The standard InChI is InChI=1S/C17H22/c1-4-13-8-7-9-16(12-13)17-14(5-2)10-11-15(17)6-3/h7-12,17H,4-6H2,1-3H3. The number of hydrogen-bond donors (Lipinski definition) is 0. The van der Waals surface area contributed by atoms with E-state index in [-0.39, 0.29) is 0 Å². The van der Waals surface area contributed by atoms with E-state index in [1.54, 1.807) is 11.1 Å². The van der Waals surface area contributed by atoms with Gasteiger partial charge in [-0.1, -0.05) is 68.3 Å². The van der Waals surface area contributed by atoms with E-state index in [0.29, 0.717) is 5.92 Å². The van der Waals surface area contributed by atoms with E-state index < -0.39 is 0 Å². The Morgan fingerprint density at radius 2 is 1.53 bits per heavy atom. The number of benzene rings is 1. The second kappa shape index (κ2) is 5.35. The van der Waals surface area contributed by atoms with Crippen LogP contribution in [0.3, 0.4) is 0 Å². The molecule has 0 saturated heterocycles. The Balaban J connectivity index is 2.36. The summed E-state index contributed by atoms with van der Waals surface area (Å²) in [7, 11) is 0. The zero-order valence-electron chi connectivity index (χ0n) is 11.2. The number of allylic oxidation sites excluding steroid dienone is 4. The van der Waals surface area contributed by atoms with Crippen molar-refractivity contribution < 1.29 is 0 Å². The zero-order chi connectivity index (χ0) is 12.3. The highest BCUT2D eigenvalue weighted by atomic mass is 14.3. The van der Waals surface area contributed by atoms with Crippen molar-refractivity contribution in [2.24, 2.45) is 0 Å². The van der Waals surface area contributed by atoms with Gasteiger partial charge in [0.05, 0.1) is 0 Å². The quantitative estimate of drug-likeness (QED) is 0.676. The minimum absolute atomic E-state index is 0.552. The molecule has 0 aliphatic heterocycles. The molecule has 0 nitrogen and oxygen atoms in total. The van der Waals surface area contributed by atoms with Crippen molar-refractivity contribution in [3.05, 3.63) is 58.7 Å². The van der Waals surface area contributed by atoms with Crippen LogP contribution in [0.4, 0.5) is 0 Å². The predicted octanol–water partition coefficient (Wildman–Crippen LogP) is 5.02. The third kappa shape index (κ3) is 2.36. The molecule has 0 aromatic heterocycles. The summed E-state index contributed by atoms with van der Waals surface area (Å²) in [5, 5.41) is 0. The van der Waals surface area contributed by atoms with E-state index in [1.807, 2.05) is 0 Å². The van der Waals surface area contributed by atoms with Crippen molar-refractivity contribution in [1.29, 1.82) is 0 Å². The van der Waals surface area contributed by atoms with Crippen LogP contribution in [0, 0.1) is 0 Å². The number of hydrogen-bond acceptors (Lipinski definition) is 0. The molecule has 0 saturated carbocycles. The van der Waals surface area contributed by atoms with Gasteiger partial charge in [-0.05, 0) is 30.4 Å². The molecule has 0 spiro atoms. The van der Waals surface area contributed by atoms with Crippen molar-refractivity contribution in [1.82, 2.24) is 0 Å². The van der Waals surface area contributed by atoms with Gasteiger partial charge in [0, 0.05) is 5.92 Å². The summed E-state index contributed by atoms with van der Waals surface area (Å²) in [6, 6.07) is 9.08. The van der Waals surface area contributed by atoms with Crippen LogP contribution in [0.5, 0.6) is 0 Å². The molecule has 0 radical (unpaired) electrons. The van der Waals surface area contributed by atoms with Gasteiger partial charge in [-0.3, -0.25) is 0 Å². The highest BCUT2D eigenvalue weighted by molar-refractivity contribution is 5.46. The summed E-state index contributed by atoms with van der Waals surface area (Å²) in [5.74, 6) is 0.552. The summed E-state index contributed by atoms with van der Waals surface area (Å²) in [4.78, 5) is 0. The van der Waals surface area contributed by atoms with Gasteiger partial charge in [0.25, 0.3) is 0 Å². The van der Waals surface area contributed by atoms with Crippen LogP contribution in [-0.4, -0.2) is 0 Å². The monoisotopic (exact) mass is 226 g/mol.